The third-order valence-corrected chi connectivity index (χ3v) is 8.37. The summed E-state index contributed by atoms with van der Waals surface area (Å²) in [4.78, 5) is 11.1. The van der Waals surface area contributed by atoms with Crippen molar-refractivity contribution in [2.45, 2.75) is 64.5 Å². The minimum atomic E-state index is -1.80. The number of rotatable bonds is 4. The van der Waals surface area contributed by atoms with E-state index in [1.54, 1.807) is 6.26 Å². The van der Waals surface area contributed by atoms with Crippen molar-refractivity contribution < 1.29 is 18.7 Å². The van der Waals surface area contributed by atoms with Crippen LogP contribution in [0.15, 0.2) is 12.3 Å². The maximum Gasteiger partial charge on any atom is 0.303 e. The molecule has 0 amide bonds. The summed E-state index contributed by atoms with van der Waals surface area (Å²) in [5, 5.41) is 0.161. The van der Waals surface area contributed by atoms with E-state index >= 15 is 0 Å². The lowest BCUT2D eigenvalue weighted by atomic mass is 10.1. The van der Waals surface area contributed by atoms with Crippen molar-refractivity contribution in [1.29, 1.82) is 0 Å². The van der Waals surface area contributed by atoms with E-state index in [9.17, 15) is 4.79 Å². The second-order valence-corrected chi connectivity index (χ2v) is 11.3. The Balaban J connectivity index is 2.59. The zero-order valence-corrected chi connectivity index (χ0v) is 13.9. The van der Waals surface area contributed by atoms with Crippen LogP contribution in [-0.4, -0.2) is 33.1 Å². The molecule has 1 heterocycles. The number of ether oxygens (including phenoxy) is 2. The molecular weight excluding hydrogens is 260 g/mol. The molecule has 0 aromatic rings. The molecule has 0 bridgehead atoms. The fourth-order valence-electron chi connectivity index (χ4n) is 1.58. The number of carbonyl (C=O) groups is 1. The van der Waals surface area contributed by atoms with E-state index in [4.69, 9.17) is 13.9 Å². The smallest absolute Gasteiger partial charge is 0.303 e. The minimum absolute atomic E-state index is 0.161. The first-order valence-electron chi connectivity index (χ1n) is 6.75. The van der Waals surface area contributed by atoms with Crippen LogP contribution in [0.3, 0.4) is 0 Å². The van der Waals surface area contributed by atoms with Crippen LogP contribution in [0.5, 0.6) is 0 Å². The Bertz CT molecular complexity index is 344. The van der Waals surface area contributed by atoms with Crippen LogP contribution < -0.4 is 0 Å². The molecule has 0 aromatic heterocycles. The molecule has 0 aliphatic carbocycles. The Morgan fingerprint density at radius 3 is 2.58 bits per heavy atom. The molecule has 4 nitrogen and oxygen atoms in total. The first-order valence-corrected chi connectivity index (χ1v) is 9.66. The molecule has 0 saturated heterocycles. The van der Waals surface area contributed by atoms with Gasteiger partial charge in [0, 0.05) is 13.3 Å². The van der Waals surface area contributed by atoms with Crippen molar-refractivity contribution in [3.05, 3.63) is 12.3 Å². The zero-order chi connectivity index (χ0) is 14.7. The van der Waals surface area contributed by atoms with Crippen LogP contribution in [-0.2, 0) is 18.7 Å². The summed E-state index contributed by atoms with van der Waals surface area (Å²) in [6.45, 7) is 12.9. The van der Waals surface area contributed by atoms with E-state index in [1.165, 1.54) is 6.92 Å². The van der Waals surface area contributed by atoms with E-state index in [1.807, 2.05) is 6.08 Å². The van der Waals surface area contributed by atoms with Gasteiger partial charge in [0.25, 0.3) is 0 Å². The highest BCUT2D eigenvalue weighted by atomic mass is 28.4. The Hall–Kier alpha value is -0.813. The summed E-state index contributed by atoms with van der Waals surface area (Å²) in [6, 6.07) is 0. The van der Waals surface area contributed by atoms with Gasteiger partial charge in [-0.1, -0.05) is 20.8 Å². The van der Waals surface area contributed by atoms with E-state index in [-0.39, 0.29) is 23.2 Å². The molecule has 110 valence electrons. The zero-order valence-electron chi connectivity index (χ0n) is 12.9. The Kier molecular flexibility index (Phi) is 5.21. The molecule has 5 heteroatoms. The van der Waals surface area contributed by atoms with Gasteiger partial charge in [-0.15, -0.1) is 0 Å². The molecule has 2 atom stereocenters. The molecule has 0 radical (unpaired) electrons. The molecule has 1 aliphatic heterocycles. The highest BCUT2D eigenvalue weighted by molar-refractivity contribution is 6.74. The average Bonchev–Trinajstić information content (AvgIpc) is 2.25. The normalized spacial score (nSPS) is 23.9. The van der Waals surface area contributed by atoms with Gasteiger partial charge < -0.3 is 13.9 Å². The number of esters is 1. The lowest BCUT2D eigenvalue weighted by Crippen LogP contribution is -2.46. The van der Waals surface area contributed by atoms with Crippen LogP contribution in [0.2, 0.25) is 18.1 Å². The van der Waals surface area contributed by atoms with Crippen LogP contribution in [0, 0.1) is 0 Å². The summed E-state index contributed by atoms with van der Waals surface area (Å²) in [5.41, 5.74) is 0. The predicted molar refractivity (Wildman–Crippen MR) is 77.3 cm³/mol. The molecule has 0 saturated carbocycles. The van der Waals surface area contributed by atoms with Crippen molar-refractivity contribution in [1.82, 2.24) is 0 Å². The summed E-state index contributed by atoms with van der Waals surface area (Å²) in [5.74, 6) is -0.277. The van der Waals surface area contributed by atoms with Gasteiger partial charge in [-0.25, -0.2) is 0 Å². The average molecular weight is 286 g/mol. The standard InChI is InChI=1S/C14H26O4Si/c1-11(15)18-12-8-7-9-16-13(12)10-17-19(5,6)14(2,3)4/h7,9,12-13H,8,10H2,1-6H3/t12-,13+/m0/s1. The lowest BCUT2D eigenvalue weighted by molar-refractivity contribution is -0.154. The fourth-order valence-corrected chi connectivity index (χ4v) is 2.59. The first kappa shape index (κ1) is 16.2. The van der Waals surface area contributed by atoms with Gasteiger partial charge in [0.1, 0.15) is 6.10 Å². The molecule has 0 aromatic carbocycles. The highest BCUT2D eigenvalue weighted by Gasteiger charge is 2.39. The van der Waals surface area contributed by atoms with Gasteiger partial charge in [-0.3, -0.25) is 4.79 Å². The molecule has 1 aliphatic rings. The number of hydrogen-bond acceptors (Lipinski definition) is 4. The lowest BCUT2D eigenvalue weighted by Gasteiger charge is -2.38. The van der Waals surface area contributed by atoms with E-state index in [0.717, 1.165) is 0 Å². The van der Waals surface area contributed by atoms with Crippen LogP contribution in [0.1, 0.15) is 34.1 Å². The second-order valence-electron chi connectivity index (χ2n) is 6.50. The van der Waals surface area contributed by atoms with Crippen molar-refractivity contribution in [3.8, 4) is 0 Å². The van der Waals surface area contributed by atoms with Gasteiger partial charge in [0.05, 0.1) is 12.9 Å². The highest BCUT2D eigenvalue weighted by Crippen LogP contribution is 2.36. The van der Waals surface area contributed by atoms with Crippen LogP contribution in [0.4, 0.5) is 0 Å². The Morgan fingerprint density at radius 2 is 2.05 bits per heavy atom. The van der Waals surface area contributed by atoms with E-state index in [2.05, 4.69) is 33.9 Å². The predicted octanol–water partition coefficient (Wildman–Crippen LogP) is 3.24. The van der Waals surface area contributed by atoms with Crippen molar-refractivity contribution in [2.24, 2.45) is 0 Å². The molecule has 0 N–H and O–H groups in total. The van der Waals surface area contributed by atoms with Crippen LogP contribution in [0.25, 0.3) is 0 Å². The van der Waals surface area contributed by atoms with Crippen molar-refractivity contribution >= 4 is 14.3 Å². The first-order chi connectivity index (χ1) is 8.63. The Morgan fingerprint density at radius 1 is 1.42 bits per heavy atom. The fraction of sp³-hybridized carbons (Fsp3) is 0.786. The quantitative estimate of drug-likeness (QED) is 0.588. The molecule has 0 spiro atoms. The second kappa shape index (κ2) is 6.09. The molecule has 19 heavy (non-hydrogen) atoms. The molecule has 0 fully saturated rings. The SMILES string of the molecule is CC(=O)O[C@H]1CC=CO[C@@H]1CO[Si](C)(C)C(C)(C)C. The van der Waals surface area contributed by atoms with Crippen molar-refractivity contribution in [2.75, 3.05) is 6.61 Å². The summed E-state index contributed by atoms with van der Waals surface area (Å²) < 4.78 is 16.9. The maximum atomic E-state index is 11.1. The third-order valence-electron chi connectivity index (χ3n) is 3.86. The molecule has 0 unspecified atom stereocenters. The van der Waals surface area contributed by atoms with Gasteiger partial charge in [0.15, 0.2) is 14.4 Å². The number of carbonyl (C=O) groups excluding carboxylic acids is 1. The van der Waals surface area contributed by atoms with Gasteiger partial charge in [0.2, 0.25) is 0 Å². The molecule has 1 rings (SSSR count). The maximum absolute atomic E-state index is 11.1. The Labute approximate surface area is 117 Å². The largest absolute Gasteiger partial charge is 0.492 e. The van der Waals surface area contributed by atoms with Gasteiger partial charge in [-0.05, 0) is 24.2 Å². The summed E-state index contributed by atoms with van der Waals surface area (Å²) >= 11 is 0. The minimum Gasteiger partial charge on any atom is -0.492 e. The monoisotopic (exact) mass is 286 g/mol. The van der Waals surface area contributed by atoms with Crippen LogP contribution >= 0.6 is 0 Å². The summed E-state index contributed by atoms with van der Waals surface area (Å²) in [7, 11) is -1.80. The third kappa shape index (κ3) is 4.65. The molecular formula is C14H26O4Si. The topological polar surface area (TPSA) is 44.8 Å². The van der Waals surface area contributed by atoms with Crippen molar-refractivity contribution in [3.63, 3.8) is 0 Å². The van der Waals surface area contributed by atoms with E-state index < -0.39 is 8.32 Å². The van der Waals surface area contributed by atoms with Gasteiger partial charge >= 0.3 is 5.97 Å². The van der Waals surface area contributed by atoms with E-state index in [0.29, 0.717) is 13.0 Å². The summed E-state index contributed by atoms with van der Waals surface area (Å²) in [6.07, 6.45) is 3.77. The van der Waals surface area contributed by atoms with Gasteiger partial charge in [-0.2, -0.15) is 0 Å². The number of hydrogen-bond donors (Lipinski definition) is 0.